The SMILES string of the molecule is COc1cnc(CSc2nc3cc(OC(F)F)c(F)cc3[nH]2)cc1OC. The summed E-state index contributed by atoms with van der Waals surface area (Å²) in [5.41, 5.74) is 1.43. The number of benzene rings is 1. The number of methoxy groups -OCH3 is 2. The Hall–Kier alpha value is -2.62. The molecule has 0 atom stereocenters. The van der Waals surface area contributed by atoms with E-state index < -0.39 is 18.2 Å². The molecule has 3 aromatic rings. The molecule has 0 spiro atoms. The summed E-state index contributed by atoms with van der Waals surface area (Å²) in [5, 5.41) is 0.491. The van der Waals surface area contributed by atoms with Crippen molar-refractivity contribution in [2.24, 2.45) is 0 Å². The van der Waals surface area contributed by atoms with Gasteiger partial charge in [-0.2, -0.15) is 8.78 Å². The summed E-state index contributed by atoms with van der Waals surface area (Å²) in [4.78, 5) is 11.4. The van der Waals surface area contributed by atoms with Crippen LogP contribution in [0.5, 0.6) is 17.2 Å². The fourth-order valence-electron chi connectivity index (χ4n) is 2.24. The van der Waals surface area contributed by atoms with Gasteiger partial charge in [0.15, 0.2) is 28.2 Å². The Morgan fingerprint density at radius 1 is 1.12 bits per heavy atom. The highest BCUT2D eigenvalue weighted by molar-refractivity contribution is 7.98. The third kappa shape index (κ3) is 3.96. The Morgan fingerprint density at radius 2 is 1.88 bits per heavy atom. The lowest BCUT2D eigenvalue weighted by atomic mass is 10.3. The molecular formula is C16H14F3N3O3S. The molecule has 0 saturated heterocycles. The van der Waals surface area contributed by atoms with Gasteiger partial charge < -0.3 is 19.2 Å². The van der Waals surface area contributed by atoms with Crippen LogP contribution in [0.4, 0.5) is 13.2 Å². The van der Waals surface area contributed by atoms with Gasteiger partial charge in [0.2, 0.25) is 0 Å². The van der Waals surface area contributed by atoms with Crippen LogP contribution in [-0.2, 0) is 5.75 Å². The van der Waals surface area contributed by atoms with E-state index in [1.165, 1.54) is 26.0 Å². The largest absolute Gasteiger partial charge is 0.493 e. The van der Waals surface area contributed by atoms with Crippen molar-refractivity contribution in [3.05, 3.63) is 35.9 Å². The van der Waals surface area contributed by atoms with E-state index in [1.807, 2.05) is 0 Å². The first kappa shape index (κ1) is 18.2. The van der Waals surface area contributed by atoms with Crippen molar-refractivity contribution in [2.75, 3.05) is 14.2 Å². The average Bonchev–Trinajstić information content (AvgIpc) is 3.01. The first-order valence-electron chi connectivity index (χ1n) is 7.34. The molecule has 1 N–H and O–H groups in total. The monoisotopic (exact) mass is 385 g/mol. The smallest absolute Gasteiger partial charge is 0.387 e. The number of halogens is 3. The highest BCUT2D eigenvalue weighted by atomic mass is 32.2. The van der Waals surface area contributed by atoms with Crippen LogP contribution in [0.2, 0.25) is 0 Å². The van der Waals surface area contributed by atoms with Gasteiger partial charge in [-0.25, -0.2) is 9.37 Å². The topological polar surface area (TPSA) is 69.3 Å². The van der Waals surface area contributed by atoms with Crippen molar-refractivity contribution in [2.45, 2.75) is 17.5 Å². The molecule has 0 aliphatic heterocycles. The third-order valence-corrected chi connectivity index (χ3v) is 4.32. The van der Waals surface area contributed by atoms with Crippen LogP contribution in [0.1, 0.15) is 5.69 Å². The zero-order chi connectivity index (χ0) is 18.7. The fraction of sp³-hybridized carbons (Fsp3) is 0.250. The maximum absolute atomic E-state index is 13.7. The molecule has 3 rings (SSSR count). The molecule has 26 heavy (non-hydrogen) atoms. The zero-order valence-corrected chi connectivity index (χ0v) is 14.6. The number of hydrogen-bond donors (Lipinski definition) is 1. The van der Waals surface area contributed by atoms with Crippen molar-refractivity contribution in [3.63, 3.8) is 0 Å². The molecule has 0 radical (unpaired) electrons. The van der Waals surface area contributed by atoms with E-state index in [1.54, 1.807) is 12.3 Å². The molecule has 0 unspecified atom stereocenters. The highest BCUT2D eigenvalue weighted by Gasteiger charge is 2.14. The van der Waals surface area contributed by atoms with Gasteiger partial charge >= 0.3 is 6.61 Å². The Bertz CT molecular complexity index is 920. The van der Waals surface area contributed by atoms with Crippen LogP contribution < -0.4 is 14.2 Å². The van der Waals surface area contributed by atoms with Crippen LogP contribution in [0.3, 0.4) is 0 Å². The maximum Gasteiger partial charge on any atom is 0.387 e. The summed E-state index contributed by atoms with van der Waals surface area (Å²) < 4.78 is 52.8. The summed E-state index contributed by atoms with van der Waals surface area (Å²) in [7, 11) is 3.05. The van der Waals surface area contributed by atoms with Crippen LogP contribution in [0.25, 0.3) is 11.0 Å². The van der Waals surface area contributed by atoms with Crippen LogP contribution in [-0.4, -0.2) is 35.8 Å². The van der Waals surface area contributed by atoms with Crippen molar-refractivity contribution in [3.8, 4) is 17.2 Å². The molecule has 0 fully saturated rings. The second-order valence-electron chi connectivity index (χ2n) is 5.04. The number of imidazole rings is 1. The van der Waals surface area contributed by atoms with Crippen LogP contribution >= 0.6 is 11.8 Å². The lowest BCUT2D eigenvalue weighted by Crippen LogP contribution is -2.03. The summed E-state index contributed by atoms with van der Waals surface area (Å²) in [6.07, 6.45) is 1.55. The summed E-state index contributed by atoms with van der Waals surface area (Å²) in [5.74, 6) is 0.102. The molecule has 138 valence electrons. The lowest BCUT2D eigenvalue weighted by molar-refractivity contribution is -0.0520. The van der Waals surface area contributed by atoms with Gasteiger partial charge in [0.25, 0.3) is 0 Å². The summed E-state index contributed by atoms with van der Waals surface area (Å²) >= 11 is 1.32. The molecule has 2 heterocycles. The summed E-state index contributed by atoms with van der Waals surface area (Å²) in [6.45, 7) is -3.11. The number of aromatic amines is 1. The number of fused-ring (bicyclic) bond motifs is 1. The number of ether oxygens (including phenoxy) is 3. The van der Waals surface area contributed by atoms with Gasteiger partial charge in [0, 0.05) is 24.0 Å². The van der Waals surface area contributed by atoms with Gasteiger partial charge in [-0.3, -0.25) is 4.98 Å². The first-order valence-corrected chi connectivity index (χ1v) is 8.32. The molecule has 0 bridgehead atoms. The van der Waals surface area contributed by atoms with E-state index in [-0.39, 0.29) is 0 Å². The quantitative estimate of drug-likeness (QED) is 0.620. The van der Waals surface area contributed by atoms with Gasteiger partial charge in [-0.05, 0) is 0 Å². The molecule has 0 saturated carbocycles. The van der Waals surface area contributed by atoms with Gasteiger partial charge in [-0.15, -0.1) is 0 Å². The van der Waals surface area contributed by atoms with E-state index in [4.69, 9.17) is 9.47 Å². The van der Waals surface area contributed by atoms with E-state index >= 15 is 0 Å². The Morgan fingerprint density at radius 3 is 2.58 bits per heavy atom. The molecule has 0 aliphatic carbocycles. The minimum atomic E-state index is -3.11. The standard InChI is InChI=1S/C16H14F3N3O3S/c1-23-13-3-8(20-6-14(13)24-2)7-26-16-21-10-4-9(17)12(25-15(18)19)5-11(10)22-16/h3-6,15H,7H2,1-2H3,(H,21,22). The minimum absolute atomic E-state index is 0.324. The number of rotatable bonds is 7. The van der Waals surface area contributed by atoms with Crippen molar-refractivity contribution in [1.82, 2.24) is 15.0 Å². The number of H-pyrrole nitrogens is 1. The Labute approximate surface area is 150 Å². The number of alkyl halides is 2. The highest BCUT2D eigenvalue weighted by Crippen LogP contribution is 2.30. The minimum Gasteiger partial charge on any atom is -0.493 e. The predicted molar refractivity (Wildman–Crippen MR) is 89.6 cm³/mol. The van der Waals surface area contributed by atoms with Gasteiger partial charge in [0.1, 0.15) is 0 Å². The van der Waals surface area contributed by atoms with Crippen molar-refractivity contribution < 1.29 is 27.4 Å². The molecular weight excluding hydrogens is 371 g/mol. The first-order chi connectivity index (χ1) is 12.5. The lowest BCUT2D eigenvalue weighted by Gasteiger charge is -2.08. The second kappa shape index (κ2) is 7.73. The molecule has 10 heteroatoms. The van der Waals surface area contributed by atoms with Crippen LogP contribution in [0.15, 0.2) is 29.6 Å². The van der Waals surface area contributed by atoms with Gasteiger partial charge in [-0.1, -0.05) is 11.8 Å². The summed E-state index contributed by atoms with van der Waals surface area (Å²) in [6, 6.07) is 3.94. The normalized spacial score (nSPS) is 11.2. The van der Waals surface area contributed by atoms with E-state index in [0.29, 0.717) is 33.4 Å². The third-order valence-electron chi connectivity index (χ3n) is 3.41. The van der Waals surface area contributed by atoms with E-state index in [0.717, 1.165) is 17.8 Å². The van der Waals surface area contributed by atoms with E-state index in [9.17, 15) is 13.2 Å². The van der Waals surface area contributed by atoms with Crippen LogP contribution in [0, 0.1) is 5.82 Å². The average molecular weight is 385 g/mol. The number of pyridine rings is 1. The number of hydrogen-bond acceptors (Lipinski definition) is 6. The predicted octanol–water partition coefficient (Wildman–Crippen LogP) is 4.01. The Kier molecular flexibility index (Phi) is 5.40. The molecule has 2 aromatic heterocycles. The molecule has 0 amide bonds. The molecule has 1 aromatic carbocycles. The second-order valence-corrected chi connectivity index (χ2v) is 6.00. The number of thioether (sulfide) groups is 1. The van der Waals surface area contributed by atoms with Crippen molar-refractivity contribution in [1.29, 1.82) is 0 Å². The maximum atomic E-state index is 13.7. The molecule has 6 nitrogen and oxygen atoms in total. The Balaban J connectivity index is 1.77. The number of nitrogens with zero attached hydrogens (tertiary/aromatic N) is 2. The van der Waals surface area contributed by atoms with E-state index in [2.05, 4.69) is 19.7 Å². The van der Waals surface area contributed by atoms with Gasteiger partial charge in [0.05, 0.1) is 37.1 Å². The molecule has 0 aliphatic rings. The fourth-order valence-corrected chi connectivity index (χ4v) is 3.03. The number of aromatic nitrogens is 3. The number of nitrogens with one attached hydrogen (secondary N) is 1. The van der Waals surface area contributed by atoms with Crippen molar-refractivity contribution >= 4 is 22.8 Å². The zero-order valence-electron chi connectivity index (χ0n) is 13.8.